The number of unbranched alkanes of at least 4 members (excludes halogenated alkanes) is 1. The largest absolute Gasteiger partial charge is 0.507 e. The van der Waals surface area contributed by atoms with Crippen molar-refractivity contribution < 1.29 is 27.9 Å². The third-order valence-corrected chi connectivity index (χ3v) is 10.4. The second-order valence-corrected chi connectivity index (χ2v) is 12.9. The van der Waals surface area contributed by atoms with E-state index in [4.69, 9.17) is 0 Å². The fourth-order valence-corrected chi connectivity index (χ4v) is 7.82. The van der Waals surface area contributed by atoms with Crippen molar-refractivity contribution in [1.29, 1.82) is 0 Å². The summed E-state index contributed by atoms with van der Waals surface area (Å²) in [5, 5.41) is 11.8. The molecule has 0 bridgehead atoms. The molecular weight excluding hydrogens is 568 g/mol. The normalized spacial score (nSPS) is 21.7. The number of aliphatic hydroxyl groups is 1. The van der Waals surface area contributed by atoms with Crippen molar-refractivity contribution >= 4 is 39.1 Å². The van der Waals surface area contributed by atoms with Gasteiger partial charge in [0, 0.05) is 49.7 Å². The number of amides is 2. The van der Waals surface area contributed by atoms with Gasteiger partial charge in [0.15, 0.2) is 5.54 Å². The second-order valence-electron chi connectivity index (χ2n) is 11.0. The summed E-state index contributed by atoms with van der Waals surface area (Å²) in [7, 11) is -3.71. The number of benzene rings is 2. The summed E-state index contributed by atoms with van der Waals surface area (Å²) in [6.45, 7) is 3.17. The lowest BCUT2D eigenvalue weighted by Crippen LogP contribution is -2.51. The minimum Gasteiger partial charge on any atom is -0.507 e. The quantitative estimate of drug-likeness (QED) is 0.237. The summed E-state index contributed by atoms with van der Waals surface area (Å²) in [6.07, 6.45) is 6.25. The van der Waals surface area contributed by atoms with Gasteiger partial charge < -0.3 is 14.9 Å². The van der Waals surface area contributed by atoms with E-state index >= 15 is 0 Å². The highest BCUT2D eigenvalue weighted by Crippen LogP contribution is 2.54. The highest BCUT2D eigenvalue weighted by atomic mass is 32.2. The lowest BCUT2D eigenvalue weighted by Gasteiger charge is -2.34. The number of anilines is 1. The predicted octanol–water partition coefficient (Wildman–Crippen LogP) is 3.79. The van der Waals surface area contributed by atoms with Crippen LogP contribution in [0, 0.1) is 0 Å². The number of aromatic nitrogens is 1. The van der Waals surface area contributed by atoms with Crippen molar-refractivity contribution in [2.45, 2.75) is 49.6 Å². The van der Waals surface area contributed by atoms with Crippen LogP contribution >= 0.6 is 0 Å². The summed E-state index contributed by atoms with van der Waals surface area (Å²) in [6, 6.07) is 16.0. The molecule has 222 valence electrons. The van der Waals surface area contributed by atoms with Crippen molar-refractivity contribution in [3.63, 3.8) is 0 Å². The molecule has 1 spiro atoms. The van der Waals surface area contributed by atoms with Crippen LogP contribution in [0.3, 0.4) is 0 Å². The predicted molar refractivity (Wildman–Crippen MR) is 159 cm³/mol. The van der Waals surface area contributed by atoms with Crippen LogP contribution in [0.1, 0.15) is 49.3 Å². The number of nitrogens with zero attached hydrogens (tertiary/aromatic N) is 4. The molecule has 3 aromatic rings. The Bertz CT molecular complexity index is 1730. The first-order chi connectivity index (χ1) is 20.7. The molecule has 6 rings (SSSR count). The first-order valence-corrected chi connectivity index (χ1v) is 15.9. The van der Waals surface area contributed by atoms with E-state index in [-0.39, 0.29) is 22.6 Å². The minimum atomic E-state index is -3.71. The van der Waals surface area contributed by atoms with Gasteiger partial charge in [-0.05, 0) is 61.2 Å². The Morgan fingerprint density at radius 3 is 2.37 bits per heavy atom. The Hall–Kier alpha value is -4.35. The number of hydrogen-bond acceptors (Lipinski definition) is 7. The zero-order valence-electron chi connectivity index (χ0n) is 23.8. The molecule has 3 aliphatic heterocycles. The molecule has 0 aliphatic carbocycles. The van der Waals surface area contributed by atoms with Crippen LogP contribution in [0.15, 0.2) is 83.5 Å². The summed E-state index contributed by atoms with van der Waals surface area (Å²) in [4.78, 5) is 49.2. The van der Waals surface area contributed by atoms with Crippen molar-refractivity contribution in [1.82, 2.24) is 14.2 Å². The molecule has 43 heavy (non-hydrogen) atoms. The van der Waals surface area contributed by atoms with E-state index in [1.165, 1.54) is 33.5 Å². The Morgan fingerprint density at radius 1 is 0.977 bits per heavy atom. The number of fused-ring (bicyclic) bond motifs is 2. The smallest absolute Gasteiger partial charge is 0.296 e. The number of carbonyl (C=O) groups is 3. The van der Waals surface area contributed by atoms with Gasteiger partial charge in [0.25, 0.3) is 17.6 Å². The van der Waals surface area contributed by atoms with Crippen LogP contribution < -0.4 is 4.90 Å². The third kappa shape index (κ3) is 4.45. The van der Waals surface area contributed by atoms with Gasteiger partial charge in [0.2, 0.25) is 10.0 Å². The van der Waals surface area contributed by atoms with E-state index in [0.29, 0.717) is 42.9 Å². The van der Waals surface area contributed by atoms with Crippen molar-refractivity contribution in [2.24, 2.45) is 0 Å². The van der Waals surface area contributed by atoms with Crippen molar-refractivity contribution in [3.05, 3.63) is 95.3 Å². The maximum atomic E-state index is 14.6. The number of Topliss-reactive ketones (excluding diaryl/α,β-unsaturated/α-hetero) is 1. The summed E-state index contributed by atoms with van der Waals surface area (Å²) in [5.74, 6) is -2.95. The average Bonchev–Trinajstić information content (AvgIpc) is 3.71. The van der Waals surface area contributed by atoms with E-state index in [0.717, 1.165) is 19.3 Å². The number of para-hydroxylation sites is 1. The zero-order valence-corrected chi connectivity index (χ0v) is 24.6. The molecule has 2 amide bonds. The molecule has 2 saturated heterocycles. The summed E-state index contributed by atoms with van der Waals surface area (Å²) >= 11 is 0. The van der Waals surface area contributed by atoms with E-state index in [9.17, 15) is 27.9 Å². The Balaban J connectivity index is 1.53. The van der Waals surface area contributed by atoms with Crippen molar-refractivity contribution in [3.8, 4) is 0 Å². The SMILES string of the molecule is CCCCN1C(=O)C2(/C(=C(/O)c3ccc(S(=O)(=O)N4CCCC4)cc3)C(=O)C(=O)N2Cc2cccnc2)c2ccccc21. The van der Waals surface area contributed by atoms with Crippen LogP contribution in [0.25, 0.3) is 5.76 Å². The zero-order chi connectivity index (χ0) is 30.4. The second kappa shape index (κ2) is 11.1. The number of rotatable bonds is 8. The molecule has 0 radical (unpaired) electrons. The van der Waals surface area contributed by atoms with E-state index in [1.54, 1.807) is 53.7 Å². The van der Waals surface area contributed by atoms with Gasteiger partial charge in [-0.1, -0.05) is 37.6 Å². The lowest BCUT2D eigenvalue weighted by molar-refractivity contribution is -0.144. The molecule has 1 atom stereocenters. The third-order valence-electron chi connectivity index (χ3n) is 8.44. The molecule has 1 aromatic heterocycles. The minimum absolute atomic E-state index is 0.0609. The number of ketones is 1. The number of aliphatic hydroxyl groups excluding tert-OH is 1. The van der Waals surface area contributed by atoms with Gasteiger partial charge in [-0.3, -0.25) is 19.4 Å². The molecule has 10 nitrogen and oxygen atoms in total. The van der Waals surface area contributed by atoms with Gasteiger partial charge in [-0.15, -0.1) is 0 Å². The number of hydrogen-bond donors (Lipinski definition) is 1. The maximum absolute atomic E-state index is 14.6. The van der Waals surface area contributed by atoms with Gasteiger partial charge in [0.05, 0.1) is 16.2 Å². The number of sulfonamides is 1. The monoisotopic (exact) mass is 600 g/mol. The molecule has 11 heteroatoms. The molecule has 1 unspecified atom stereocenters. The molecule has 2 aromatic carbocycles. The van der Waals surface area contributed by atoms with Crippen LogP contribution in [0.4, 0.5) is 5.69 Å². The lowest BCUT2D eigenvalue weighted by atomic mass is 9.81. The van der Waals surface area contributed by atoms with E-state index in [1.807, 2.05) is 6.92 Å². The average molecular weight is 601 g/mol. The first kappa shape index (κ1) is 28.8. The van der Waals surface area contributed by atoms with E-state index in [2.05, 4.69) is 4.98 Å². The number of pyridine rings is 1. The summed E-state index contributed by atoms with van der Waals surface area (Å²) in [5.41, 5.74) is -0.536. The maximum Gasteiger partial charge on any atom is 0.296 e. The highest BCUT2D eigenvalue weighted by molar-refractivity contribution is 7.89. The first-order valence-electron chi connectivity index (χ1n) is 14.4. The van der Waals surface area contributed by atoms with E-state index < -0.39 is 38.9 Å². The Morgan fingerprint density at radius 2 is 1.70 bits per heavy atom. The summed E-state index contributed by atoms with van der Waals surface area (Å²) < 4.78 is 27.6. The fraction of sp³-hybridized carbons (Fsp3) is 0.312. The van der Waals surface area contributed by atoms with Gasteiger partial charge in [0.1, 0.15) is 5.76 Å². The van der Waals surface area contributed by atoms with Crippen LogP contribution in [-0.4, -0.2) is 64.9 Å². The molecule has 3 aliphatic rings. The Labute approximate surface area is 250 Å². The molecule has 0 saturated carbocycles. The molecule has 1 N–H and O–H groups in total. The molecular formula is C32H32N4O6S. The van der Waals surface area contributed by atoms with Crippen LogP contribution in [0.2, 0.25) is 0 Å². The van der Waals surface area contributed by atoms with Crippen molar-refractivity contribution in [2.75, 3.05) is 24.5 Å². The van der Waals surface area contributed by atoms with Crippen LogP contribution in [0.5, 0.6) is 0 Å². The molecule has 2 fully saturated rings. The topological polar surface area (TPSA) is 128 Å². The van der Waals surface area contributed by atoms with Crippen LogP contribution in [-0.2, 0) is 36.5 Å². The molecule has 4 heterocycles. The van der Waals surface area contributed by atoms with Gasteiger partial charge in [-0.25, -0.2) is 8.42 Å². The number of likely N-dealkylation sites (tertiary alicyclic amines) is 1. The Kier molecular flexibility index (Phi) is 7.39. The van der Waals surface area contributed by atoms with Gasteiger partial charge in [-0.2, -0.15) is 4.31 Å². The fourth-order valence-electron chi connectivity index (χ4n) is 6.31. The van der Waals surface area contributed by atoms with Gasteiger partial charge >= 0.3 is 0 Å². The standard InChI is InChI=1S/C32H32N4O6S/c1-2-3-19-35-26-11-5-4-10-25(26)32(31(35)40)27(29(38)30(39)36(32)21-22-9-8-16-33-20-22)28(37)23-12-14-24(15-13-23)43(41,42)34-17-6-7-18-34/h4-5,8-16,20,37H,2-3,6-7,17-19,21H2,1H3/b28-27+. The number of carbonyl (C=O) groups excluding carboxylic acids is 3. The highest BCUT2D eigenvalue weighted by Gasteiger charge is 2.67.